The number of aromatic nitrogens is 5. The summed E-state index contributed by atoms with van der Waals surface area (Å²) in [6.45, 7) is 4.86. The third kappa shape index (κ3) is 2.07. The quantitative estimate of drug-likeness (QED) is 0.615. The molecule has 1 aromatic carbocycles. The molecule has 0 amide bonds. The van der Waals surface area contributed by atoms with Crippen LogP contribution in [0.5, 0.6) is 0 Å². The van der Waals surface area contributed by atoms with E-state index in [0.717, 1.165) is 40.1 Å². The first-order valence-corrected chi connectivity index (χ1v) is 8.07. The fourth-order valence-corrected chi connectivity index (χ4v) is 3.42. The van der Waals surface area contributed by atoms with Gasteiger partial charge >= 0.3 is 0 Å². The highest BCUT2D eigenvalue weighted by molar-refractivity contribution is 5.94. The van der Waals surface area contributed by atoms with Crippen LogP contribution in [-0.4, -0.2) is 24.3 Å². The summed E-state index contributed by atoms with van der Waals surface area (Å²) in [6, 6.07) is 6.41. The topological polar surface area (TPSA) is 60.6 Å². The van der Waals surface area contributed by atoms with Gasteiger partial charge in [-0.1, -0.05) is 12.6 Å². The normalized spacial score (nSPS) is 13.2. The summed E-state index contributed by atoms with van der Waals surface area (Å²) >= 11 is 0. The van der Waals surface area contributed by atoms with Crippen LogP contribution in [0.1, 0.15) is 11.1 Å². The van der Waals surface area contributed by atoms with Crippen molar-refractivity contribution in [3.8, 4) is 16.8 Å². The molecular weight excluding hydrogens is 312 g/mol. The molecule has 6 heteroatoms. The predicted octanol–water partition coefficient (Wildman–Crippen LogP) is 2.89. The van der Waals surface area contributed by atoms with Crippen molar-refractivity contribution < 1.29 is 0 Å². The van der Waals surface area contributed by atoms with E-state index in [1.54, 1.807) is 11.0 Å². The van der Waals surface area contributed by atoms with Gasteiger partial charge in [-0.05, 0) is 17.7 Å². The summed E-state index contributed by atoms with van der Waals surface area (Å²) in [5.41, 5.74) is 7.51. The van der Waals surface area contributed by atoms with Crippen LogP contribution in [0, 0.1) is 0 Å². The van der Waals surface area contributed by atoms with E-state index < -0.39 is 0 Å². The largest absolute Gasteiger partial charge is 0.381 e. The van der Waals surface area contributed by atoms with Gasteiger partial charge in [0.1, 0.15) is 12.0 Å². The minimum atomic E-state index is 0.811. The van der Waals surface area contributed by atoms with Gasteiger partial charge < -0.3 is 9.88 Å². The van der Waals surface area contributed by atoms with Crippen LogP contribution in [0.25, 0.3) is 33.5 Å². The summed E-state index contributed by atoms with van der Waals surface area (Å²) in [6.07, 6.45) is 9.42. The molecule has 25 heavy (non-hydrogen) atoms. The van der Waals surface area contributed by atoms with Crippen LogP contribution in [0.15, 0.2) is 55.9 Å². The van der Waals surface area contributed by atoms with Crippen molar-refractivity contribution in [3.63, 3.8) is 0 Å². The molecule has 0 atom stereocenters. The third-order valence-corrected chi connectivity index (χ3v) is 4.67. The zero-order valence-corrected chi connectivity index (χ0v) is 13.8. The molecule has 4 heterocycles. The minimum absolute atomic E-state index is 0.811. The van der Waals surface area contributed by atoms with E-state index in [1.807, 2.05) is 25.6 Å². The number of aryl methyl sites for hydroxylation is 1. The first kappa shape index (κ1) is 14.0. The molecule has 4 aromatic rings. The van der Waals surface area contributed by atoms with E-state index >= 15 is 0 Å². The smallest absolute Gasteiger partial charge is 0.148 e. The van der Waals surface area contributed by atoms with Crippen LogP contribution >= 0.6 is 0 Å². The van der Waals surface area contributed by atoms with Gasteiger partial charge in [0.25, 0.3) is 0 Å². The van der Waals surface area contributed by atoms with E-state index in [2.05, 4.69) is 55.9 Å². The number of nitrogens with zero attached hydrogens (tertiary/aromatic N) is 5. The Kier molecular flexibility index (Phi) is 2.82. The van der Waals surface area contributed by atoms with Gasteiger partial charge in [-0.2, -0.15) is 5.10 Å². The van der Waals surface area contributed by atoms with Gasteiger partial charge in [0.15, 0.2) is 0 Å². The van der Waals surface area contributed by atoms with Crippen molar-refractivity contribution >= 4 is 16.7 Å². The monoisotopic (exact) mass is 328 g/mol. The SMILES string of the molecule is C=C1NCc2cc(-n3cc(-c4cnn(C)c4)c4cncnc43)ccc21. The highest BCUT2D eigenvalue weighted by Gasteiger charge is 2.17. The lowest BCUT2D eigenvalue weighted by Crippen LogP contribution is -1.98. The van der Waals surface area contributed by atoms with Crippen LogP contribution in [0.2, 0.25) is 0 Å². The summed E-state index contributed by atoms with van der Waals surface area (Å²) in [5, 5.41) is 8.59. The van der Waals surface area contributed by atoms with Crippen molar-refractivity contribution in [3.05, 3.63) is 67.0 Å². The number of hydrogen-bond acceptors (Lipinski definition) is 4. The Morgan fingerprint density at radius 2 is 2.08 bits per heavy atom. The molecule has 1 aliphatic heterocycles. The number of benzene rings is 1. The van der Waals surface area contributed by atoms with Crippen molar-refractivity contribution in [1.29, 1.82) is 0 Å². The lowest BCUT2D eigenvalue weighted by molar-refractivity contribution is 0.768. The molecule has 0 fully saturated rings. The molecule has 0 saturated heterocycles. The molecule has 0 aliphatic carbocycles. The molecule has 0 saturated carbocycles. The Labute approximate surface area is 144 Å². The number of rotatable bonds is 2. The minimum Gasteiger partial charge on any atom is -0.381 e. The van der Waals surface area contributed by atoms with E-state index in [-0.39, 0.29) is 0 Å². The van der Waals surface area contributed by atoms with Crippen LogP contribution in [0.3, 0.4) is 0 Å². The summed E-state index contributed by atoms with van der Waals surface area (Å²) in [4.78, 5) is 8.72. The second-order valence-corrected chi connectivity index (χ2v) is 6.25. The number of hydrogen-bond donors (Lipinski definition) is 1. The Balaban J connectivity index is 1.73. The molecule has 3 aromatic heterocycles. The fourth-order valence-electron chi connectivity index (χ4n) is 3.42. The molecule has 1 N–H and O–H groups in total. The summed E-state index contributed by atoms with van der Waals surface area (Å²) in [7, 11) is 1.92. The third-order valence-electron chi connectivity index (χ3n) is 4.67. The maximum atomic E-state index is 4.51. The summed E-state index contributed by atoms with van der Waals surface area (Å²) < 4.78 is 3.91. The summed E-state index contributed by atoms with van der Waals surface area (Å²) in [5.74, 6) is 0. The maximum Gasteiger partial charge on any atom is 0.148 e. The van der Waals surface area contributed by atoms with Gasteiger partial charge in [0.05, 0.1) is 6.20 Å². The molecule has 1 aliphatic rings. The Morgan fingerprint density at radius 3 is 2.92 bits per heavy atom. The van der Waals surface area contributed by atoms with Crippen molar-refractivity contribution in [2.75, 3.05) is 0 Å². The average molecular weight is 328 g/mol. The fraction of sp³-hybridized carbons (Fsp3) is 0.105. The molecule has 0 spiro atoms. The molecule has 0 radical (unpaired) electrons. The van der Waals surface area contributed by atoms with E-state index in [9.17, 15) is 0 Å². The van der Waals surface area contributed by atoms with Crippen LogP contribution < -0.4 is 5.32 Å². The van der Waals surface area contributed by atoms with Gasteiger partial charge in [0, 0.05) is 65.6 Å². The average Bonchev–Trinajstić information content (AvgIpc) is 3.32. The molecule has 0 bridgehead atoms. The van der Waals surface area contributed by atoms with E-state index in [0.29, 0.717) is 0 Å². The number of fused-ring (bicyclic) bond motifs is 2. The predicted molar refractivity (Wildman–Crippen MR) is 96.9 cm³/mol. The second-order valence-electron chi connectivity index (χ2n) is 6.25. The van der Waals surface area contributed by atoms with Crippen molar-refractivity contribution in [2.45, 2.75) is 6.54 Å². The van der Waals surface area contributed by atoms with Crippen molar-refractivity contribution in [1.82, 2.24) is 29.6 Å². The Hall–Kier alpha value is -3.41. The van der Waals surface area contributed by atoms with Gasteiger partial charge in [0.2, 0.25) is 0 Å². The highest BCUT2D eigenvalue weighted by atomic mass is 15.2. The molecule has 0 unspecified atom stereocenters. The Morgan fingerprint density at radius 1 is 1.16 bits per heavy atom. The van der Waals surface area contributed by atoms with Crippen molar-refractivity contribution in [2.24, 2.45) is 7.05 Å². The lowest BCUT2D eigenvalue weighted by atomic mass is 10.1. The molecule has 5 rings (SSSR count). The highest BCUT2D eigenvalue weighted by Crippen LogP contribution is 2.32. The zero-order valence-electron chi connectivity index (χ0n) is 13.8. The first-order valence-electron chi connectivity index (χ1n) is 8.07. The maximum absolute atomic E-state index is 4.51. The number of nitrogens with one attached hydrogen (secondary N) is 1. The van der Waals surface area contributed by atoms with E-state index in [1.165, 1.54) is 11.1 Å². The van der Waals surface area contributed by atoms with Gasteiger partial charge in [-0.15, -0.1) is 0 Å². The lowest BCUT2D eigenvalue weighted by Gasteiger charge is -2.06. The van der Waals surface area contributed by atoms with Gasteiger partial charge in [-0.25, -0.2) is 9.97 Å². The molecular formula is C19H16N6. The molecule has 6 nitrogen and oxygen atoms in total. The standard InChI is InChI=1S/C19H16N6/c1-12-16-4-3-15(5-13(16)6-21-12)25-10-18(14-7-23-24(2)9-14)17-8-20-11-22-19(17)25/h3-5,7-11,21H,1,6H2,2H3. The second kappa shape index (κ2) is 5.04. The Bertz CT molecular complexity index is 1130. The van der Waals surface area contributed by atoms with Crippen LogP contribution in [0.4, 0.5) is 0 Å². The van der Waals surface area contributed by atoms with E-state index in [4.69, 9.17) is 0 Å². The van der Waals surface area contributed by atoms with Crippen LogP contribution in [-0.2, 0) is 13.6 Å². The van der Waals surface area contributed by atoms with Gasteiger partial charge in [-0.3, -0.25) is 4.68 Å². The first-order chi connectivity index (χ1) is 12.2. The molecule has 122 valence electrons. The zero-order chi connectivity index (χ0) is 17.0.